The van der Waals surface area contributed by atoms with Crippen LogP contribution in [0.5, 0.6) is 0 Å². The van der Waals surface area contributed by atoms with Crippen molar-refractivity contribution < 1.29 is 0 Å². The molecule has 3 nitrogen and oxygen atoms in total. The van der Waals surface area contributed by atoms with Crippen molar-refractivity contribution in [3.8, 4) is 0 Å². The second kappa shape index (κ2) is 3.67. The van der Waals surface area contributed by atoms with Crippen molar-refractivity contribution in [2.24, 2.45) is 0 Å². The fourth-order valence-corrected chi connectivity index (χ4v) is 2.11. The Morgan fingerprint density at radius 1 is 1.19 bits per heavy atom. The van der Waals surface area contributed by atoms with E-state index in [0.717, 1.165) is 11.1 Å². The smallest absolute Gasteiger partial charge is 0.0424 e. The molecule has 3 heteroatoms. The highest BCUT2D eigenvalue weighted by Gasteiger charge is 2.17. The first-order chi connectivity index (χ1) is 7.84. The Balaban J connectivity index is 2.06. The Bertz CT molecular complexity index is 518. The van der Waals surface area contributed by atoms with Gasteiger partial charge in [0.25, 0.3) is 0 Å². The van der Waals surface area contributed by atoms with Gasteiger partial charge in [-0.15, -0.1) is 0 Å². The van der Waals surface area contributed by atoms with Crippen LogP contribution in [0, 0.1) is 0 Å². The first-order valence-corrected chi connectivity index (χ1v) is 5.73. The lowest BCUT2D eigenvalue weighted by Gasteiger charge is -2.28. The predicted octanol–water partition coefficient (Wildman–Crippen LogP) is 2.78. The Morgan fingerprint density at radius 3 is 2.81 bits per heavy atom. The molecule has 0 amide bonds. The molecule has 0 bridgehead atoms. The molecule has 0 aliphatic heterocycles. The van der Waals surface area contributed by atoms with E-state index in [9.17, 15) is 0 Å². The van der Waals surface area contributed by atoms with Gasteiger partial charge in [0.05, 0.1) is 0 Å². The number of anilines is 2. The summed E-state index contributed by atoms with van der Waals surface area (Å²) in [5.41, 5.74) is 7.91. The number of nitrogen functional groups attached to an aromatic ring is 1. The van der Waals surface area contributed by atoms with E-state index in [1.54, 1.807) is 0 Å². The number of pyridine rings is 1. The van der Waals surface area contributed by atoms with Gasteiger partial charge in [-0.25, -0.2) is 0 Å². The van der Waals surface area contributed by atoms with Gasteiger partial charge in [-0.3, -0.25) is 4.98 Å². The van der Waals surface area contributed by atoms with E-state index < -0.39 is 0 Å². The molecule has 3 N–H and O–H groups in total. The summed E-state index contributed by atoms with van der Waals surface area (Å²) < 4.78 is 0. The van der Waals surface area contributed by atoms with Crippen LogP contribution < -0.4 is 11.1 Å². The zero-order valence-electron chi connectivity index (χ0n) is 9.11. The summed E-state index contributed by atoms with van der Waals surface area (Å²) >= 11 is 0. The van der Waals surface area contributed by atoms with Gasteiger partial charge in [-0.2, -0.15) is 0 Å². The lowest BCUT2D eigenvalue weighted by atomic mass is 9.92. The molecule has 1 aliphatic carbocycles. The number of aromatic nitrogens is 1. The monoisotopic (exact) mass is 213 g/mol. The number of nitrogens with zero attached hydrogens (tertiary/aromatic N) is 1. The molecule has 1 heterocycles. The van der Waals surface area contributed by atoms with Gasteiger partial charge in [-0.1, -0.05) is 0 Å². The Hall–Kier alpha value is -1.77. The van der Waals surface area contributed by atoms with Gasteiger partial charge in [-0.05, 0) is 37.5 Å². The summed E-state index contributed by atoms with van der Waals surface area (Å²) in [4.78, 5) is 4.12. The molecule has 2 aromatic rings. The summed E-state index contributed by atoms with van der Waals surface area (Å²) in [5.74, 6) is 0. The molecule has 0 radical (unpaired) electrons. The van der Waals surface area contributed by atoms with Crippen molar-refractivity contribution in [1.29, 1.82) is 0 Å². The second-order valence-electron chi connectivity index (χ2n) is 4.40. The van der Waals surface area contributed by atoms with Crippen LogP contribution in [0.15, 0.2) is 30.6 Å². The van der Waals surface area contributed by atoms with Crippen LogP contribution in [-0.4, -0.2) is 11.0 Å². The van der Waals surface area contributed by atoms with Crippen LogP contribution in [0.3, 0.4) is 0 Å². The average Bonchev–Trinajstić information content (AvgIpc) is 2.26. The van der Waals surface area contributed by atoms with Gasteiger partial charge in [0.15, 0.2) is 0 Å². The predicted molar refractivity (Wildman–Crippen MR) is 67.4 cm³/mol. The van der Waals surface area contributed by atoms with E-state index in [1.165, 1.54) is 30.3 Å². The van der Waals surface area contributed by atoms with Crippen LogP contribution in [-0.2, 0) is 0 Å². The summed E-state index contributed by atoms with van der Waals surface area (Å²) in [6, 6.07) is 6.67. The normalized spacial score (nSPS) is 16.0. The number of rotatable bonds is 2. The molecule has 1 fully saturated rings. The van der Waals surface area contributed by atoms with Gasteiger partial charge in [0.1, 0.15) is 0 Å². The number of nitrogens with one attached hydrogen (secondary N) is 1. The number of benzene rings is 1. The minimum absolute atomic E-state index is 0.639. The molecule has 0 atom stereocenters. The van der Waals surface area contributed by atoms with Crippen molar-refractivity contribution in [2.75, 3.05) is 11.1 Å². The van der Waals surface area contributed by atoms with Crippen LogP contribution in [0.1, 0.15) is 19.3 Å². The van der Waals surface area contributed by atoms with Gasteiger partial charge in [0.2, 0.25) is 0 Å². The number of fused-ring (bicyclic) bond motifs is 1. The molecule has 0 unspecified atom stereocenters. The largest absolute Gasteiger partial charge is 0.398 e. The molecule has 1 aliphatic rings. The average molecular weight is 213 g/mol. The molecular weight excluding hydrogens is 198 g/mol. The SMILES string of the molecule is Nc1ccc(NC2CCC2)c2ccncc12. The molecule has 3 rings (SSSR count). The van der Waals surface area contributed by atoms with E-state index in [4.69, 9.17) is 5.73 Å². The van der Waals surface area contributed by atoms with Crippen molar-refractivity contribution in [2.45, 2.75) is 25.3 Å². The van der Waals surface area contributed by atoms with Crippen molar-refractivity contribution in [3.05, 3.63) is 30.6 Å². The Kier molecular flexibility index (Phi) is 2.17. The maximum atomic E-state index is 5.93. The maximum absolute atomic E-state index is 5.93. The van der Waals surface area contributed by atoms with E-state index in [-0.39, 0.29) is 0 Å². The molecule has 1 aromatic carbocycles. The second-order valence-corrected chi connectivity index (χ2v) is 4.40. The lowest BCUT2D eigenvalue weighted by Crippen LogP contribution is -2.27. The highest BCUT2D eigenvalue weighted by Crippen LogP contribution is 2.30. The fourth-order valence-electron chi connectivity index (χ4n) is 2.11. The summed E-state index contributed by atoms with van der Waals surface area (Å²) in [7, 11) is 0. The molecule has 0 spiro atoms. The van der Waals surface area contributed by atoms with E-state index in [2.05, 4.69) is 16.4 Å². The Labute approximate surface area is 94.7 Å². The van der Waals surface area contributed by atoms with Crippen molar-refractivity contribution in [3.63, 3.8) is 0 Å². The molecular formula is C13H15N3. The molecule has 0 saturated heterocycles. The highest BCUT2D eigenvalue weighted by molar-refractivity contribution is 6.00. The van der Waals surface area contributed by atoms with E-state index in [0.29, 0.717) is 6.04 Å². The zero-order valence-corrected chi connectivity index (χ0v) is 9.11. The maximum Gasteiger partial charge on any atom is 0.0424 e. The van der Waals surface area contributed by atoms with Crippen LogP contribution in [0.2, 0.25) is 0 Å². The third kappa shape index (κ3) is 1.48. The van der Waals surface area contributed by atoms with Crippen LogP contribution in [0.4, 0.5) is 11.4 Å². The fraction of sp³-hybridized carbons (Fsp3) is 0.308. The zero-order chi connectivity index (χ0) is 11.0. The third-order valence-corrected chi connectivity index (χ3v) is 3.32. The minimum Gasteiger partial charge on any atom is -0.398 e. The molecule has 1 aromatic heterocycles. The summed E-state index contributed by atoms with van der Waals surface area (Å²) in [6.45, 7) is 0. The highest BCUT2D eigenvalue weighted by atomic mass is 14.9. The van der Waals surface area contributed by atoms with Crippen LogP contribution >= 0.6 is 0 Å². The number of nitrogens with two attached hydrogens (primary N) is 1. The van der Waals surface area contributed by atoms with Gasteiger partial charge >= 0.3 is 0 Å². The van der Waals surface area contributed by atoms with Gasteiger partial charge in [0, 0.05) is 40.6 Å². The molecule has 1 saturated carbocycles. The van der Waals surface area contributed by atoms with Crippen LogP contribution in [0.25, 0.3) is 10.8 Å². The third-order valence-electron chi connectivity index (χ3n) is 3.32. The Morgan fingerprint density at radius 2 is 2.06 bits per heavy atom. The quantitative estimate of drug-likeness (QED) is 0.754. The first kappa shape index (κ1) is 9.46. The summed E-state index contributed by atoms with van der Waals surface area (Å²) in [6.07, 6.45) is 7.53. The summed E-state index contributed by atoms with van der Waals surface area (Å²) in [5, 5.41) is 5.77. The minimum atomic E-state index is 0.639. The topological polar surface area (TPSA) is 50.9 Å². The number of hydrogen-bond acceptors (Lipinski definition) is 3. The number of hydrogen-bond donors (Lipinski definition) is 2. The van der Waals surface area contributed by atoms with Crippen molar-refractivity contribution >= 4 is 22.1 Å². The lowest BCUT2D eigenvalue weighted by molar-refractivity contribution is 0.446. The van der Waals surface area contributed by atoms with Gasteiger partial charge < -0.3 is 11.1 Å². The van der Waals surface area contributed by atoms with Crippen molar-refractivity contribution in [1.82, 2.24) is 4.98 Å². The first-order valence-electron chi connectivity index (χ1n) is 5.73. The van der Waals surface area contributed by atoms with E-state index in [1.807, 2.05) is 24.5 Å². The standard InChI is InChI=1S/C13H15N3/c14-12-4-5-13(16-9-2-1-3-9)10-6-7-15-8-11(10)12/h4-9,16H,1-3,14H2. The molecule has 16 heavy (non-hydrogen) atoms. The van der Waals surface area contributed by atoms with E-state index >= 15 is 0 Å². The molecule has 82 valence electrons.